The highest BCUT2D eigenvalue weighted by Gasteiger charge is 2.00. The van der Waals surface area contributed by atoms with Crippen molar-refractivity contribution in [1.29, 1.82) is 0 Å². The molecule has 0 radical (unpaired) electrons. The van der Waals surface area contributed by atoms with Crippen LogP contribution in [0.1, 0.15) is 12.0 Å². The van der Waals surface area contributed by atoms with Gasteiger partial charge in [-0.25, -0.2) is 4.39 Å². The van der Waals surface area contributed by atoms with Crippen LogP contribution in [0.5, 0.6) is 0 Å². The molecule has 0 saturated heterocycles. The minimum atomic E-state index is -0.301. The van der Waals surface area contributed by atoms with Crippen molar-refractivity contribution >= 4 is 11.6 Å². The molecule has 0 unspecified atom stereocenters. The van der Waals surface area contributed by atoms with Gasteiger partial charge in [-0.15, -0.1) is 6.58 Å². The summed E-state index contributed by atoms with van der Waals surface area (Å²) >= 11 is 5.84. The van der Waals surface area contributed by atoms with E-state index in [1.54, 1.807) is 6.07 Å². The van der Waals surface area contributed by atoms with Crippen LogP contribution in [-0.2, 0) is 6.54 Å². The molecule has 0 aliphatic carbocycles. The lowest BCUT2D eigenvalue weighted by molar-refractivity contribution is 0.625. The first-order chi connectivity index (χ1) is 6.74. The molecule has 1 aromatic rings. The first-order valence-electron chi connectivity index (χ1n) is 4.49. The highest BCUT2D eigenvalue weighted by atomic mass is 35.5. The Bertz CT molecular complexity index is 312. The van der Waals surface area contributed by atoms with Gasteiger partial charge in [0.05, 0.1) is 0 Å². The van der Waals surface area contributed by atoms with Gasteiger partial charge in [-0.05, 0) is 30.7 Å². The van der Waals surface area contributed by atoms with E-state index in [0.29, 0.717) is 11.6 Å². The Hall–Kier alpha value is -0.860. The quantitative estimate of drug-likeness (QED) is 0.585. The number of nitrogens with one attached hydrogen (secondary N) is 1. The Balaban J connectivity index is 2.46. The molecule has 0 bridgehead atoms. The average Bonchev–Trinajstić information content (AvgIpc) is 2.15. The molecular formula is C11H13ClFN. The van der Waals surface area contributed by atoms with Crippen LogP contribution in [0.4, 0.5) is 4.39 Å². The van der Waals surface area contributed by atoms with Gasteiger partial charge in [0, 0.05) is 11.6 Å². The van der Waals surface area contributed by atoms with Crippen molar-refractivity contribution in [2.24, 2.45) is 0 Å². The van der Waals surface area contributed by atoms with Crippen LogP contribution in [-0.4, -0.2) is 6.54 Å². The van der Waals surface area contributed by atoms with Crippen LogP contribution in [0, 0.1) is 5.82 Å². The SMILES string of the molecule is C=CCCNCc1ccc(F)cc1Cl. The first kappa shape index (κ1) is 11.2. The minimum absolute atomic E-state index is 0.301. The van der Waals surface area contributed by atoms with Crippen molar-refractivity contribution in [3.05, 3.63) is 47.3 Å². The van der Waals surface area contributed by atoms with Gasteiger partial charge in [0.15, 0.2) is 0 Å². The molecule has 0 fully saturated rings. The van der Waals surface area contributed by atoms with Crippen molar-refractivity contribution in [3.63, 3.8) is 0 Å². The molecule has 1 nitrogen and oxygen atoms in total. The molecule has 3 heteroatoms. The second-order valence-corrected chi connectivity index (χ2v) is 3.40. The second kappa shape index (κ2) is 5.78. The van der Waals surface area contributed by atoms with E-state index in [4.69, 9.17) is 11.6 Å². The first-order valence-corrected chi connectivity index (χ1v) is 4.87. The summed E-state index contributed by atoms with van der Waals surface area (Å²) in [6.07, 6.45) is 2.76. The van der Waals surface area contributed by atoms with Crippen molar-refractivity contribution in [2.45, 2.75) is 13.0 Å². The lowest BCUT2D eigenvalue weighted by atomic mass is 10.2. The van der Waals surface area contributed by atoms with Gasteiger partial charge in [0.2, 0.25) is 0 Å². The maximum absolute atomic E-state index is 12.7. The van der Waals surface area contributed by atoms with E-state index in [1.165, 1.54) is 12.1 Å². The fourth-order valence-corrected chi connectivity index (χ4v) is 1.33. The summed E-state index contributed by atoms with van der Waals surface area (Å²) in [5, 5.41) is 3.65. The zero-order chi connectivity index (χ0) is 10.4. The van der Waals surface area contributed by atoms with E-state index in [0.717, 1.165) is 18.5 Å². The van der Waals surface area contributed by atoms with E-state index in [-0.39, 0.29) is 5.82 Å². The highest BCUT2D eigenvalue weighted by molar-refractivity contribution is 6.31. The fourth-order valence-electron chi connectivity index (χ4n) is 1.09. The molecule has 1 rings (SSSR count). The molecule has 1 aromatic carbocycles. The van der Waals surface area contributed by atoms with Gasteiger partial charge in [0.1, 0.15) is 5.82 Å². The zero-order valence-electron chi connectivity index (χ0n) is 7.89. The normalized spacial score (nSPS) is 10.1. The molecule has 76 valence electrons. The van der Waals surface area contributed by atoms with Crippen molar-refractivity contribution in [1.82, 2.24) is 5.32 Å². The Morgan fingerprint density at radius 2 is 2.29 bits per heavy atom. The average molecular weight is 214 g/mol. The minimum Gasteiger partial charge on any atom is -0.312 e. The van der Waals surface area contributed by atoms with Crippen LogP contribution in [0.2, 0.25) is 5.02 Å². The van der Waals surface area contributed by atoms with Crippen molar-refractivity contribution in [3.8, 4) is 0 Å². The van der Waals surface area contributed by atoms with E-state index in [2.05, 4.69) is 11.9 Å². The van der Waals surface area contributed by atoms with Crippen LogP contribution in [0.3, 0.4) is 0 Å². The molecule has 0 amide bonds. The molecule has 0 aromatic heterocycles. The molecular weight excluding hydrogens is 201 g/mol. The van der Waals surface area contributed by atoms with Gasteiger partial charge in [0.25, 0.3) is 0 Å². The second-order valence-electron chi connectivity index (χ2n) is 2.99. The molecule has 0 aliphatic rings. The van der Waals surface area contributed by atoms with Gasteiger partial charge in [-0.3, -0.25) is 0 Å². The summed E-state index contributed by atoms with van der Waals surface area (Å²) in [4.78, 5) is 0. The van der Waals surface area contributed by atoms with E-state index in [9.17, 15) is 4.39 Å². The van der Waals surface area contributed by atoms with Gasteiger partial charge >= 0.3 is 0 Å². The largest absolute Gasteiger partial charge is 0.312 e. The van der Waals surface area contributed by atoms with Crippen LogP contribution >= 0.6 is 11.6 Å². The molecule has 0 aliphatic heterocycles. The molecule has 0 saturated carbocycles. The molecule has 1 N–H and O–H groups in total. The number of benzene rings is 1. The number of hydrogen-bond acceptors (Lipinski definition) is 1. The van der Waals surface area contributed by atoms with Gasteiger partial charge in [-0.1, -0.05) is 23.7 Å². The van der Waals surface area contributed by atoms with Crippen molar-refractivity contribution < 1.29 is 4.39 Å². The third-order valence-corrected chi connectivity index (χ3v) is 2.21. The summed E-state index contributed by atoms with van der Waals surface area (Å²) in [6.45, 7) is 5.14. The predicted octanol–water partition coefficient (Wildman–Crippen LogP) is 3.14. The lowest BCUT2D eigenvalue weighted by Crippen LogP contribution is -2.14. The summed E-state index contributed by atoms with van der Waals surface area (Å²) in [7, 11) is 0. The Kier molecular flexibility index (Phi) is 4.63. The van der Waals surface area contributed by atoms with E-state index in [1.807, 2.05) is 6.08 Å². The van der Waals surface area contributed by atoms with Crippen LogP contribution in [0.25, 0.3) is 0 Å². The number of hydrogen-bond donors (Lipinski definition) is 1. The number of rotatable bonds is 5. The van der Waals surface area contributed by atoms with Crippen LogP contribution in [0.15, 0.2) is 30.9 Å². The maximum Gasteiger partial charge on any atom is 0.124 e. The Morgan fingerprint density at radius 1 is 1.50 bits per heavy atom. The molecule has 14 heavy (non-hydrogen) atoms. The monoisotopic (exact) mass is 213 g/mol. The Morgan fingerprint density at radius 3 is 2.93 bits per heavy atom. The third-order valence-electron chi connectivity index (χ3n) is 1.86. The summed E-state index contributed by atoms with van der Waals surface area (Å²) in [5.74, 6) is -0.301. The van der Waals surface area contributed by atoms with Crippen LogP contribution < -0.4 is 5.32 Å². The molecule has 0 spiro atoms. The fraction of sp³-hybridized carbons (Fsp3) is 0.273. The van der Waals surface area contributed by atoms with E-state index < -0.39 is 0 Å². The Labute approximate surface area is 88.6 Å². The molecule has 0 atom stereocenters. The van der Waals surface area contributed by atoms with Crippen molar-refractivity contribution in [2.75, 3.05) is 6.54 Å². The number of halogens is 2. The third kappa shape index (κ3) is 3.48. The standard InChI is InChI=1S/C11H13ClFN/c1-2-3-6-14-8-9-4-5-10(13)7-11(9)12/h2,4-5,7,14H,1,3,6,8H2. The summed E-state index contributed by atoms with van der Waals surface area (Å²) < 4.78 is 12.7. The van der Waals surface area contributed by atoms with E-state index >= 15 is 0 Å². The summed E-state index contributed by atoms with van der Waals surface area (Å²) in [5.41, 5.74) is 0.914. The lowest BCUT2D eigenvalue weighted by Gasteiger charge is -2.05. The predicted molar refractivity (Wildman–Crippen MR) is 57.9 cm³/mol. The smallest absolute Gasteiger partial charge is 0.124 e. The van der Waals surface area contributed by atoms with Gasteiger partial charge < -0.3 is 5.32 Å². The summed E-state index contributed by atoms with van der Waals surface area (Å²) in [6, 6.07) is 4.43. The molecule has 0 heterocycles. The zero-order valence-corrected chi connectivity index (χ0v) is 8.65. The maximum atomic E-state index is 12.7. The highest BCUT2D eigenvalue weighted by Crippen LogP contribution is 2.16. The van der Waals surface area contributed by atoms with Gasteiger partial charge in [-0.2, -0.15) is 0 Å². The topological polar surface area (TPSA) is 12.0 Å².